The van der Waals surface area contributed by atoms with Crippen LogP contribution in [-0.2, 0) is 0 Å². The summed E-state index contributed by atoms with van der Waals surface area (Å²) in [7, 11) is 0. The van der Waals surface area contributed by atoms with Crippen molar-refractivity contribution in [2.75, 3.05) is 4.90 Å². The minimum absolute atomic E-state index is 0.308. The molecule has 63 heavy (non-hydrogen) atoms. The van der Waals surface area contributed by atoms with Crippen molar-refractivity contribution < 1.29 is 4.42 Å². The Hall–Kier alpha value is -7.94. The van der Waals surface area contributed by atoms with E-state index in [1.54, 1.807) is 0 Å². The number of hydrogen-bond acceptors (Lipinski definition) is 2. The Bertz CT molecular complexity index is 3720. The van der Waals surface area contributed by atoms with Crippen LogP contribution in [0.15, 0.2) is 223 Å². The second kappa shape index (κ2) is 14.9. The summed E-state index contributed by atoms with van der Waals surface area (Å²) in [5.41, 5.74) is 13.3. The SMILES string of the molecule is CC(C)c1cccc2c1oc1c(N(c3ccc(-c4ccc5cc(-c6ccc7ccccc7c6)ccc5c4)cc3)c3ccccc3-c3ccc4ccccc4c3)cc3ccccc3c12. The lowest BCUT2D eigenvalue weighted by Crippen LogP contribution is -2.11. The van der Waals surface area contributed by atoms with Crippen LogP contribution in [0, 0.1) is 0 Å². The largest absolute Gasteiger partial charge is 0.454 e. The summed E-state index contributed by atoms with van der Waals surface area (Å²) in [5.74, 6) is 0.308. The van der Waals surface area contributed by atoms with Crippen LogP contribution in [-0.4, -0.2) is 0 Å². The Kier molecular flexibility index (Phi) is 8.72. The summed E-state index contributed by atoms with van der Waals surface area (Å²) >= 11 is 0. The number of furan rings is 1. The first kappa shape index (κ1) is 36.9. The third-order valence-corrected chi connectivity index (χ3v) is 13.0. The highest BCUT2D eigenvalue weighted by Crippen LogP contribution is 2.49. The highest BCUT2D eigenvalue weighted by Gasteiger charge is 2.25. The van der Waals surface area contributed by atoms with Crippen molar-refractivity contribution in [2.45, 2.75) is 19.8 Å². The van der Waals surface area contributed by atoms with Gasteiger partial charge in [-0.2, -0.15) is 0 Å². The molecule has 0 amide bonds. The summed E-state index contributed by atoms with van der Waals surface area (Å²) in [6, 6.07) is 79.8. The third kappa shape index (κ3) is 6.34. The molecule has 0 aliphatic carbocycles. The molecule has 2 nitrogen and oxygen atoms in total. The van der Waals surface area contributed by atoms with Crippen LogP contribution in [0.25, 0.3) is 98.4 Å². The van der Waals surface area contributed by atoms with Gasteiger partial charge in [0.1, 0.15) is 5.58 Å². The fourth-order valence-corrected chi connectivity index (χ4v) is 9.73. The zero-order chi connectivity index (χ0) is 42.0. The van der Waals surface area contributed by atoms with E-state index < -0.39 is 0 Å². The van der Waals surface area contributed by atoms with Gasteiger partial charge < -0.3 is 9.32 Å². The molecule has 0 radical (unpaired) electrons. The Balaban J connectivity index is 1.02. The maximum absolute atomic E-state index is 7.16. The minimum Gasteiger partial charge on any atom is -0.454 e. The monoisotopic (exact) mass is 805 g/mol. The van der Waals surface area contributed by atoms with Gasteiger partial charge in [0.05, 0.1) is 11.4 Å². The number of para-hydroxylation sites is 2. The quantitative estimate of drug-likeness (QED) is 0.160. The van der Waals surface area contributed by atoms with E-state index in [1.165, 1.54) is 65.3 Å². The second-order valence-corrected chi connectivity index (χ2v) is 17.1. The van der Waals surface area contributed by atoms with Crippen molar-refractivity contribution in [3.63, 3.8) is 0 Å². The molecule has 0 spiro atoms. The standard InChI is InChI=1S/C61H43NO/c1-39(2)53-19-11-20-56-59-55-18-8-7-16-50(55)38-58(61(59)63-60(53)56)62(57-21-10-9-17-54(57)51-29-23-41-13-4-6-15-44(41)37-51)52-32-30-42(31-33-52)45-25-26-48-36-49(28-27-47(48)35-45)46-24-22-40-12-3-5-14-43(40)34-46/h3-39H,1-2H3. The van der Waals surface area contributed by atoms with E-state index in [2.05, 4.69) is 237 Å². The van der Waals surface area contributed by atoms with Crippen LogP contribution in [0.4, 0.5) is 17.1 Å². The third-order valence-electron chi connectivity index (χ3n) is 13.0. The van der Waals surface area contributed by atoms with Gasteiger partial charge in [-0.25, -0.2) is 0 Å². The first-order valence-corrected chi connectivity index (χ1v) is 21.9. The van der Waals surface area contributed by atoms with E-state index in [4.69, 9.17) is 4.42 Å². The van der Waals surface area contributed by atoms with Gasteiger partial charge in [-0.05, 0) is 131 Å². The van der Waals surface area contributed by atoms with Crippen LogP contribution in [0.1, 0.15) is 25.3 Å². The van der Waals surface area contributed by atoms with E-state index in [9.17, 15) is 0 Å². The molecule has 2 heteroatoms. The van der Waals surface area contributed by atoms with Crippen LogP contribution in [0.2, 0.25) is 0 Å². The van der Waals surface area contributed by atoms with E-state index >= 15 is 0 Å². The maximum Gasteiger partial charge on any atom is 0.160 e. The lowest BCUT2D eigenvalue weighted by molar-refractivity contribution is 0.657. The van der Waals surface area contributed by atoms with Gasteiger partial charge in [-0.3, -0.25) is 0 Å². The Labute approximate surface area is 366 Å². The first-order chi connectivity index (χ1) is 31.0. The van der Waals surface area contributed by atoms with E-state index in [-0.39, 0.29) is 0 Å². The number of nitrogens with zero attached hydrogens (tertiary/aromatic N) is 1. The van der Waals surface area contributed by atoms with Crippen LogP contribution >= 0.6 is 0 Å². The Morgan fingerprint density at radius 2 is 0.841 bits per heavy atom. The molecule has 1 heterocycles. The molecule has 0 saturated carbocycles. The summed E-state index contributed by atoms with van der Waals surface area (Å²) < 4.78 is 7.16. The molecule has 0 aliphatic rings. The van der Waals surface area contributed by atoms with E-state index in [1.807, 2.05) is 0 Å². The normalized spacial score (nSPS) is 11.8. The van der Waals surface area contributed by atoms with Crippen molar-refractivity contribution >= 4 is 82.1 Å². The van der Waals surface area contributed by atoms with Gasteiger partial charge in [-0.1, -0.05) is 184 Å². The van der Waals surface area contributed by atoms with Gasteiger partial charge >= 0.3 is 0 Å². The molecule has 0 aliphatic heterocycles. The maximum atomic E-state index is 7.16. The van der Waals surface area contributed by atoms with Crippen molar-refractivity contribution in [3.05, 3.63) is 224 Å². The number of benzene rings is 11. The molecule has 11 aromatic carbocycles. The number of fused-ring (bicyclic) bond motifs is 8. The smallest absolute Gasteiger partial charge is 0.160 e. The molecule has 298 valence electrons. The van der Waals surface area contributed by atoms with Gasteiger partial charge in [0.2, 0.25) is 0 Å². The summed E-state index contributed by atoms with van der Waals surface area (Å²) in [6.07, 6.45) is 0. The molecule has 0 saturated heterocycles. The van der Waals surface area contributed by atoms with Gasteiger partial charge in [0.25, 0.3) is 0 Å². The van der Waals surface area contributed by atoms with Crippen molar-refractivity contribution in [3.8, 4) is 33.4 Å². The number of hydrogen-bond donors (Lipinski definition) is 0. The Morgan fingerprint density at radius 3 is 1.51 bits per heavy atom. The van der Waals surface area contributed by atoms with Gasteiger partial charge in [0, 0.05) is 22.0 Å². The van der Waals surface area contributed by atoms with Crippen molar-refractivity contribution in [2.24, 2.45) is 0 Å². The average Bonchev–Trinajstić information content (AvgIpc) is 3.74. The summed E-state index contributed by atoms with van der Waals surface area (Å²) in [5, 5.41) is 12.1. The summed E-state index contributed by atoms with van der Waals surface area (Å²) in [6.45, 7) is 4.49. The molecular formula is C61H43NO. The van der Waals surface area contributed by atoms with Gasteiger partial charge in [0.15, 0.2) is 5.58 Å². The molecule has 1 aromatic heterocycles. The van der Waals surface area contributed by atoms with Crippen molar-refractivity contribution in [1.82, 2.24) is 0 Å². The van der Waals surface area contributed by atoms with Gasteiger partial charge in [-0.15, -0.1) is 0 Å². The first-order valence-electron chi connectivity index (χ1n) is 21.9. The second-order valence-electron chi connectivity index (χ2n) is 17.1. The number of anilines is 3. The molecule has 0 N–H and O–H groups in total. The predicted molar refractivity (Wildman–Crippen MR) is 269 cm³/mol. The zero-order valence-corrected chi connectivity index (χ0v) is 35.2. The highest BCUT2D eigenvalue weighted by molar-refractivity contribution is 6.23. The van der Waals surface area contributed by atoms with E-state index in [0.29, 0.717) is 5.92 Å². The molecule has 0 fully saturated rings. The number of rotatable bonds is 7. The molecule has 0 bridgehead atoms. The molecule has 12 aromatic rings. The summed E-state index contributed by atoms with van der Waals surface area (Å²) in [4.78, 5) is 2.41. The highest BCUT2D eigenvalue weighted by atomic mass is 16.3. The molecular weight excluding hydrogens is 763 g/mol. The van der Waals surface area contributed by atoms with Crippen LogP contribution in [0.3, 0.4) is 0 Å². The lowest BCUT2D eigenvalue weighted by Gasteiger charge is -2.28. The Morgan fingerprint density at radius 1 is 0.349 bits per heavy atom. The van der Waals surface area contributed by atoms with Crippen LogP contribution < -0.4 is 4.90 Å². The fourth-order valence-electron chi connectivity index (χ4n) is 9.73. The zero-order valence-electron chi connectivity index (χ0n) is 35.2. The average molecular weight is 806 g/mol. The van der Waals surface area contributed by atoms with Crippen molar-refractivity contribution in [1.29, 1.82) is 0 Å². The molecule has 12 rings (SSSR count). The lowest BCUT2D eigenvalue weighted by atomic mass is 9.96. The molecule has 0 unspecified atom stereocenters. The van der Waals surface area contributed by atoms with Crippen LogP contribution in [0.5, 0.6) is 0 Å². The molecule has 0 atom stereocenters. The predicted octanol–water partition coefficient (Wildman–Crippen LogP) is 17.8. The fraction of sp³-hybridized carbons (Fsp3) is 0.0492. The van der Waals surface area contributed by atoms with E-state index in [0.717, 1.165) is 55.7 Å². The minimum atomic E-state index is 0.308. The topological polar surface area (TPSA) is 16.4 Å².